The minimum atomic E-state index is -0.296. The van der Waals surface area contributed by atoms with Crippen LogP contribution in [0.2, 0.25) is 0 Å². The molecule has 0 aliphatic carbocycles. The van der Waals surface area contributed by atoms with E-state index in [1.54, 1.807) is 31.4 Å². The fourth-order valence-corrected chi connectivity index (χ4v) is 3.17. The van der Waals surface area contributed by atoms with E-state index < -0.39 is 0 Å². The minimum absolute atomic E-state index is 0.124. The van der Waals surface area contributed by atoms with Crippen LogP contribution in [0.5, 0.6) is 5.75 Å². The molecule has 0 spiro atoms. The Balaban J connectivity index is 1.95. The maximum atomic E-state index is 12.4. The first kappa shape index (κ1) is 23.9. The van der Waals surface area contributed by atoms with Crippen LogP contribution < -0.4 is 15.4 Å². The molecular formula is C23H29BrN2O4. The van der Waals surface area contributed by atoms with Gasteiger partial charge in [-0.05, 0) is 48.2 Å². The largest absolute Gasteiger partial charge is 0.483 e. The number of nitrogens with one attached hydrogen (secondary N) is 2. The Morgan fingerprint density at radius 3 is 2.57 bits per heavy atom. The van der Waals surface area contributed by atoms with Gasteiger partial charge in [0, 0.05) is 41.5 Å². The topological polar surface area (TPSA) is 76.7 Å². The van der Waals surface area contributed by atoms with Crippen molar-refractivity contribution in [1.82, 2.24) is 5.32 Å². The van der Waals surface area contributed by atoms with Crippen LogP contribution in [0.3, 0.4) is 0 Å². The standard InChI is InChI=1S/C23H29BrN2O4/c1-23(2,3)19-14-17(24)9-10-20(19)30-15-21(27)26-18-8-5-7-16(13-18)22(28)25-11-6-12-29-4/h5,7-10,13-14H,6,11-12,15H2,1-4H3,(H,25,28)(H,26,27). The van der Waals surface area contributed by atoms with Gasteiger partial charge in [-0.25, -0.2) is 0 Å². The SMILES string of the molecule is COCCCNC(=O)c1cccc(NC(=O)COc2ccc(Br)cc2C(C)(C)C)c1. The van der Waals surface area contributed by atoms with Gasteiger partial charge in [-0.3, -0.25) is 9.59 Å². The summed E-state index contributed by atoms with van der Waals surface area (Å²) in [5.41, 5.74) is 1.91. The molecule has 2 amide bonds. The summed E-state index contributed by atoms with van der Waals surface area (Å²) < 4.78 is 11.7. The zero-order valence-electron chi connectivity index (χ0n) is 17.9. The highest BCUT2D eigenvalue weighted by Crippen LogP contribution is 2.33. The summed E-state index contributed by atoms with van der Waals surface area (Å²) in [4.78, 5) is 24.6. The Morgan fingerprint density at radius 1 is 1.10 bits per heavy atom. The van der Waals surface area contributed by atoms with Gasteiger partial charge in [0.05, 0.1) is 0 Å². The molecule has 0 aliphatic heterocycles. The van der Waals surface area contributed by atoms with E-state index in [4.69, 9.17) is 9.47 Å². The number of hydrogen-bond donors (Lipinski definition) is 2. The molecule has 0 radical (unpaired) electrons. The second-order valence-electron chi connectivity index (χ2n) is 7.91. The molecule has 2 aromatic rings. The monoisotopic (exact) mass is 476 g/mol. The molecule has 2 aromatic carbocycles. The highest BCUT2D eigenvalue weighted by molar-refractivity contribution is 9.10. The van der Waals surface area contributed by atoms with Crippen LogP contribution in [-0.4, -0.2) is 38.7 Å². The molecule has 6 nitrogen and oxygen atoms in total. The summed E-state index contributed by atoms with van der Waals surface area (Å²) in [7, 11) is 1.62. The zero-order valence-corrected chi connectivity index (χ0v) is 19.5. The molecule has 0 fully saturated rings. The van der Waals surface area contributed by atoms with E-state index in [1.807, 2.05) is 18.2 Å². The van der Waals surface area contributed by atoms with Gasteiger partial charge < -0.3 is 20.1 Å². The number of benzene rings is 2. The van der Waals surface area contributed by atoms with Crippen molar-refractivity contribution in [1.29, 1.82) is 0 Å². The molecule has 0 aliphatic rings. The summed E-state index contributed by atoms with van der Waals surface area (Å²) in [6.07, 6.45) is 0.739. The van der Waals surface area contributed by atoms with E-state index in [2.05, 4.69) is 47.3 Å². The van der Waals surface area contributed by atoms with Crippen molar-refractivity contribution in [2.24, 2.45) is 0 Å². The molecule has 0 heterocycles. The number of amides is 2. The van der Waals surface area contributed by atoms with Crippen molar-refractivity contribution in [3.8, 4) is 5.75 Å². The predicted molar refractivity (Wildman–Crippen MR) is 122 cm³/mol. The Hall–Kier alpha value is -2.38. The van der Waals surface area contributed by atoms with Gasteiger partial charge in [0.25, 0.3) is 11.8 Å². The van der Waals surface area contributed by atoms with Crippen LogP contribution in [0.25, 0.3) is 0 Å². The van der Waals surface area contributed by atoms with Gasteiger partial charge in [-0.1, -0.05) is 42.8 Å². The molecule has 0 atom stereocenters. The fourth-order valence-electron chi connectivity index (χ4n) is 2.81. The Labute approximate surface area is 186 Å². The summed E-state index contributed by atoms with van der Waals surface area (Å²) in [5, 5.41) is 5.61. The zero-order chi connectivity index (χ0) is 22.1. The van der Waals surface area contributed by atoms with E-state index in [-0.39, 0.29) is 23.8 Å². The molecule has 0 saturated heterocycles. The van der Waals surface area contributed by atoms with Gasteiger partial charge in [0.1, 0.15) is 5.75 Å². The van der Waals surface area contributed by atoms with E-state index in [0.717, 1.165) is 16.5 Å². The normalized spacial score (nSPS) is 11.1. The third-order valence-corrected chi connectivity index (χ3v) is 4.82. The lowest BCUT2D eigenvalue weighted by Crippen LogP contribution is -2.25. The van der Waals surface area contributed by atoms with E-state index in [0.29, 0.717) is 30.2 Å². The van der Waals surface area contributed by atoms with E-state index in [1.165, 1.54) is 0 Å². The Kier molecular flexibility index (Phi) is 8.87. The average Bonchev–Trinajstić information content (AvgIpc) is 2.69. The van der Waals surface area contributed by atoms with Crippen LogP contribution in [0.4, 0.5) is 5.69 Å². The smallest absolute Gasteiger partial charge is 0.262 e. The molecule has 162 valence electrons. The quantitative estimate of drug-likeness (QED) is 0.521. The molecule has 0 aromatic heterocycles. The summed E-state index contributed by atoms with van der Waals surface area (Å²) in [6, 6.07) is 12.6. The summed E-state index contributed by atoms with van der Waals surface area (Å²) >= 11 is 3.48. The van der Waals surface area contributed by atoms with E-state index >= 15 is 0 Å². The third-order valence-electron chi connectivity index (χ3n) is 4.33. The van der Waals surface area contributed by atoms with Crippen molar-refractivity contribution in [2.75, 3.05) is 32.2 Å². The number of hydrogen-bond acceptors (Lipinski definition) is 4. The molecule has 7 heteroatoms. The molecule has 0 unspecified atom stereocenters. The van der Waals surface area contributed by atoms with Crippen LogP contribution >= 0.6 is 15.9 Å². The van der Waals surface area contributed by atoms with Gasteiger partial charge >= 0.3 is 0 Å². The van der Waals surface area contributed by atoms with Gasteiger partial charge in [0.15, 0.2) is 6.61 Å². The van der Waals surface area contributed by atoms with Crippen LogP contribution in [0, 0.1) is 0 Å². The number of methoxy groups -OCH3 is 1. The molecule has 0 bridgehead atoms. The summed E-state index contributed by atoms with van der Waals surface area (Å²) in [6.45, 7) is 7.26. The molecule has 30 heavy (non-hydrogen) atoms. The maximum Gasteiger partial charge on any atom is 0.262 e. The van der Waals surface area contributed by atoms with Crippen LogP contribution in [0.15, 0.2) is 46.9 Å². The first-order valence-electron chi connectivity index (χ1n) is 9.80. The Morgan fingerprint density at radius 2 is 1.87 bits per heavy atom. The fraction of sp³-hybridized carbons (Fsp3) is 0.391. The molecular weight excluding hydrogens is 448 g/mol. The van der Waals surface area contributed by atoms with Crippen molar-refractivity contribution < 1.29 is 19.1 Å². The van der Waals surface area contributed by atoms with Gasteiger partial charge in [-0.15, -0.1) is 0 Å². The number of halogens is 1. The highest BCUT2D eigenvalue weighted by Gasteiger charge is 2.20. The lowest BCUT2D eigenvalue weighted by molar-refractivity contribution is -0.118. The average molecular weight is 477 g/mol. The van der Waals surface area contributed by atoms with Crippen LogP contribution in [0.1, 0.15) is 43.1 Å². The minimum Gasteiger partial charge on any atom is -0.483 e. The van der Waals surface area contributed by atoms with E-state index in [9.17, 15) is 9.59 Å². The highest BCUT2D eigenvalue weighted by atomic mass is 79.9. The van der Waals surface area contributed by atoms with Crippen molar-refractivity contribution >= 4 is 33.4 Å². The second-order valence-corrected chi connectivity index (χ2v) is 8.83. The first-order valence-corrected chi connectivity index (χ1v) is 10.6. The molecule has 2 rings (SSSR count). The predicted octanol–water partition coefficient (Wildman–Crippen LogP) is 4.53. The maximum absolute atomic E-state index is 12.4. The lowest BCUT2D eigenvalue weighted by Gasteiger charge is -2.23. The third kappa shape index (κ3) is 7.46. The lowest BCUT2D eigenvalue weighted by atomic mass is 9.86. The van der Waals surface area contributed by atoms with Gasteiger partial charge in [-0.2, -0.15) is 0 Å². The Bertz CT molecular complexity index is 878. The number of carbonyl (C=O) groups excluding carboxylic acids is 2. The number of ether oxygens (including phenoxy) is 2. The number of rotatable bonds is 9. The number of carbonyl (C=O) groups is 2. The summed E-state index contributed by atoms with van der Waals surface area (Å²) in [5.74, 6) is 0.184. The molecule has 2 N–H and O–H groups in total. The van der Waals surface area contributed by atoms with Crippen LogP contribution in [-0.2, 0) is 14.9 Å². The molecule has 0 saturated carbocycles. The van der Waals surface area contributed by atoms with Crippen molar-refractivity contribution in [3.63, 3.8) is 0 Å². The first-order chi connectivity index (χ1) is 14.2. The number of anilines is 1. The van der Waals surface area contributed by atoms with Crippen molar-refractivity contribution in [3.05, 3.63) is 58.1 Å². The van der Waals surface area contributed by atoms with Gasteiger partial charge in [0.2, 0.25) is 0 Å². The van der Waals surface area contributed by atoms with Crippen molar-refractivity contribution in [2.45, 2.75) is 32.6 Å². The second kappa shape index (κ2) is 11.1.